The third-order valence-corrected chi connectivity index (χ3v) is 2.44. The first kappa shape index (κ1) is 10.2. The van der Waals surface area contributed by atoms with E-state index in [1.54, 1.807) is 23.9 Å². The lowest BCUT2D eigenvalue weighted by atomic mass is 10.2. The highest BCUT2D eigenvalue weighted by Gasteiger charge is 2.15. The summed E-state index contributed by atoms with van der Waals surface area (Å²) >= 11 is 5.80. The Kier molecular flexibility index (Phi) is 2.50. The van der Waals surface area contributed by atoms with Crippen LogP contribution in [0, 0.1) is 0 Å². The Morgan fingerprint density at radius 1 is 1.60 bits per heavy atom. The molecule has 15 heavy (non-hydrogen) atoms. The molecule has 0 saturated carbocycles. The molecule has 6 heteroatoms. The molecule has 2 aromatic rings. The first-order chi connectivity index (χ1) is 7.13. The molecule has 0 aliphatic heterocycles. The number of anilines is 1. The highest BCUT2D eigenvalue weighted by Crippen LogP contribution is 2.23. The van der Waals surface area contributed by atoms with Crippen molar-refractivity contribution in [2.24, 2.45) is 0 Å². The molecule has 5 nitrogen and oxygen atoms in total. The van der Waals surface area contributed by atoms with Crippen LogP contribution in [-0.4, -0.2) is 21.7 Å². The van der Waals surface area contributed by atoms with Crippen LogP contribution in [0.4, 0.5) is 5.69 Å². The number of halogens is 1. The molecule has 0 spiro atoms. The zero-order valence-corrected chi connectivity index (χ0v) is 9.19. The van der Waals surface area contributed by atoms with Gasteiger partial charge in [-0.05, 0) is 6.92 Å². The maximum absolute atomic E-state index is 5.83. The molecule has 1 atom stereocenters. The van der Waals surface area contributed by atoms with E-state index in [1.165, 1.54) is 0 Å². The van der Waals surface area contributed by atoms with Gasteiger partial charge in [0.2, 0.25) is 0 Å². The Labute approximate surface area is 91.8 Å². The number of hydrogen-bond acceptors (Lipinski definition) is 4. The summed E-state index contributed by atoms with van der Waals surface area (Å²) in [6.45, 7) is 1.89. The zero-order valence-electron chi connectivity index (χ0n) is 8.44. The largest absolute Gasteiger partial charge is 0.396 e. The second-order valence-corrected chi connectivity index (χ2v) is 3.60. The Morgan fingerprint density at radius 2 is 2.33 bits per heavy atom. The van der Waals surface area contributed by atoms with E-state index in [0.29, 0.717) is 16.5 Å². The monoisotopic (exact) mass is 226 g/mol. The van der Waals surface area contributed by atoms with Crippen molar-refractivity contribution in [2.75, 3.05) is 12.8 Å². The molecule has 80 valence electrons. The standard InChI is InChI=1S/C9H11ClN4O/c1-5(15-2)9-6(11)4-12-8-3-7(10)13-14(8)9/h3-5H,11H2,1-2H3. The van der Waals surface area contributed by atoms with Gasteiger partial charge in [0.25, 0.3) is 0 Å². The summed E-state index contributed by atoms with van der Waals surface area (Å²) in [6, 6.07) is 1.67. The number of methoxy groups -OCH3 is 1. The van der Waals surface area contributed by atoms with Crippen molar-refractivity contribution in [3.05, 3.63) is 23.1 Å². The molecule has 0 fully saturated rings. The molecule has 0 aliphatic rings. The first-order valence-corrected chi connectivity index (χ1v) is 4.83. The van der Waals surface area contributed by atoms with E-state index in [1.807, 2.05) is 6.92 Å². The predicted molar refractivity (Wildman–Crippen MR) is 57.8 cm³/mol. The maximum Gasteiger partial charge on any atom is 0.157 e. The Morgan fingerprint density at radius 3 is 3.00 bits per heavy atom. The van der Waals surface area contributed by atoms with Crippen LogP contribution in [0.25, 0.3) is 5.65 Å². The van der Waals surface area contributed by atoms with Crippen LogP contribution >= 0.6 is 11.6 Å². The summed E-state index contributed by atoms with van der Waals surface area (Å²) in [5, 5.41) is 4.49. The average molecular weight is 227 g/mol. The fourth-order valence-electron chi connectivity index (χ4n) is 1.46. The number of ether oxygens (including phenoxy) is 1. The van der Waals surface area contributed by atoms with Gasteiger partial charge >= 0.3 is 0 Å². The predicted octanol–water partition coefficient (Wildman–Crippen LogP) is 1.67. The highest BCUT2D eigenvalue weighted by atomic mass is 35.5. The van der Waals surface area contributed by atoms with Gasteiger partial charge in [-0.3, -0.25) is 0 Å². The molecule has 0 radical (unpaired) electrons. The van der Waals surface area contributed by atoms with Crippen LogP contribution in [0.2, 0.25) is 5.15 Å². The third-order valence-electron chi connectivity index (χ3n) is 2.26. The smallest absolute Gasteiger partial charge is 0.157 e. The van der Waals surface area contributed by atoms with E-state index in [2.05, 4.69) is 10.1 Å². The first-order valence-electron chi connectivity index (χ1n) is 4.46. The van der Waals surface area contributed by atoms with E-state index in [-0.39, 0.29) is 6.10 Å². The number of rotatable bonds is 2. The van der Waals surface area contributed by atoms with Crippen LogP contribution in [0.15, 0.2) is 12.3 Å². The topological polar surface area (TPSA) is 65.4 Å². The molecular weight excluding hydrogens is 216 g/mol. The second kappa shape index (κ2) is 3.67. The summed E-state index contributed by atoms with van der Waals surface area (Å²) in [4.78, 5) is 4.11. The van der Waals surface area contributed by atoms with Gasteiger partial charge in [-0.1, -0.05) is 11.6 Å². The summed E-state index contributed by atoms with van der Waals surface area (Å²) in [6.07, 6.45) is 1.42. The summed E-state index contributed by atoms with van der Waals surface area (Å²) < 4.78 is 6.83. The van der Waals surface area contributed by atoms with Crippen LogP contribution in [0.3, 0.4) is 0 Å². The normalized spacial score (nSPS) is 13.3. The third kappa shape index (κ3) is 1.64. The van der Waals surface area contributed by atoms with Crippen LogP contribution < -0.4 is 5.73 Å². The van der Waals surface area contributed by atoms with E-state index >= 15 is 0 Å². The quantitative estimate of drug-likeness (QED) is 0.846. The van der Waals surface area contributed by atoms with E-state index < -0.39 is 0 Å². The van der Waals surface area contributed by atoms with Gasteiger partial charge in [-0.15, -0.1) is 0 Å². The van der Waals surface area contributed by atoms with Crippen molar-refractivity contribution < 1.29 is 4.74 Å². The summed E-state index contributed by atoms with van der Waals surface area (Å²) in [5.41, 5.74) is 7.78. The maximum atomic E-state index is 5.83. The molecule has 0 bridgehead atoms. The van der Waals surface area contributed by atoms with Gasteiger partial charge in [0.15, 0.2) is 10.8 Å². The molecule has 2 heterocycles. The minimum atomic E-state index is -0.161. The molecule has 0 saturated heterocycles. The van der Waals surface area contributed by atoms with Crippen molar-refractivity contribution >= 4 is 22.9 Å². The number of nitrogen functional groups attached to an aromatic ring is 1. The molecule has 2 rings (SSSR count). The number of nitrogens with zero attached hydrogens (tertiary/aromatic N) is 3. The average Bonchev–Trinajstić information content (AvgIpc) is 2.57. The van der Waals surface area contributed by atoms with Crippen LogP contribution in [0.1, 0.15) is 18.7 Å². The molecule has 2 N–H and O–H groups in total. The molecular formula is C9H11ClN4O. The molecule has 0 aromatic carbocycles. The van der Waals surface area contributed by atoms with E-state index in [4.69, 9.17) is 22.1 Å². The molecule has 0 amide bonds. The minimum Gasteiger partial charge on any atom is -0.396 e. The van der Waals surface area contributed by atoms with Gasteiger partial charge in [-0.25, -0.2) is 9.50 Å². The fourth-order valence-corrected chi connectivity index (χ4v) is 1.63. The zero-order chi connectivity index (χ0) is 11.0. The summed E-state index contributed by atoms with van der Waals surface area (Å²) in [7, 11) is 1.61. The lowest BCUT2D eigenvalue weighted by molar-refractivity contribution is 0.114. The Hall–Kier alpha value is -1.33. The highest BCUT2D eigenvalue weighted by molar-refractivity contribution is 6.29. The van der Waals surface area contributed by atoms with Gasteiger partial charge in [0.1, 0.15) is 0 Å². The molecule has 2 aromatic heterocycles. The van der Waals surface area contributed by atoms with Crippen LogP contribution in [0.5, 0.6) is 0 Å². The number of nitrogens with two attached hydrogens (primary N) is 1. The Balaban J connectivity index is 2.73. The molecule has 1 unspecified atom stereocenters. The number of hydrogen-bond donors (Lipinski definition) is 1. The van der Waals surface area contributed by atoms with Gasteiger partial charge in [0, 0.05) is 13.2 Å². The fraction of sp³-hybridized carbons (Fsp3) is 0.333. The summed E-state index contributed by atoms with van der Waals surface area (Å²) in [5.74, 6) is 0. The SMILES string of the molecule is COC(C)c1c(N)cnc2cc(Cl)nn12. The van der Waals surface area contributed by atoms with Gasteiger partial charge in [0.05, 0.1) is 23.7 Å². The second-order valence-electron chi connectivity index (χ2n) is 3.21. The minimum absolute atomic E-state index is 0.161. The lowest BCUT2D eigenvalue weighted by Crippen LogP contribution is -2.10. The van der Waals surface area contributed by atoms with Crippen molar-refractivity contribution in [1.29, 1.82) is 0 Å². The lowest BCUT2D eigenvalue weighted by Gasteiger charge is -2.13. The Bertz CT molecular complexity index is 496. The number of fused-ring (bicyclic) bond motifs is 1. The van der Waals surface area contributed by atoms with Crippen molar-refractivity contribution in [1.82, 2.24) is 14.6 Å². The number of aromatic nitrogens is 3. The van der Waals surface area contributed by atoms with E-state index in [9.17, 15) is 0 Å². The van der Waals surface area contributed by atoms with Crippen LogP contribution in [-0.2, 0) is 4.74 Å². The van der Waals surface area contributed by atoms with Crippen molar-refractivity contribution in [2.45, 2.75) is 13.0 Å². The van der Waals surface area contributed by atoms with Gasteiger partial charge in [-0.2, -0.15) is 5.10 Å². The van der Waals surface area contributed by atoms with Gasteiger partial charge < -0.3 is 10.5 Å². The van der Waals surface area contributed by atoms with Crippen molar-refractivity contribution in [3.8, 4) is 0 Å². The van der Waals surface area contributed by atoms with E-state index in [0.717, 1.165) is 5.69 Å². The van der Waals surface area contributed by atoms with Crippen molar-refractivity contribution in [3.63, 3.8) is 0 Å². The molecule has 0 aliphatic carbocycles.